The molecule has 0 saturated carbocycles. The normalized spacial score (nSPS) is 21.7. The Morgan fingerprint density at radius 1 is 1.08 bits per heavy atom. The second kappa shape index (κ2) is 6.98. The number of rotatable bonds is 2. The van der Waals surface area contributed by atoms with Crippen LogP contribution in [0.15, 0.2) is 29.8 Å². The number of nitrogens with one attached hydrogen (secondary N) is 2. The van der Waals surface area contributed by atoms with E-state index in [1.165, 1.54) is 24.1 Å². The van der Waals surface area contributed by atoms with E-state index in [0.717, 1.165) is 57.5 Å². The maximum absolute atomic E-state index is 12.7. The maximum atomic E-state index is 12.7. The fourth-order valence-corrected chi connectivity index (χ4v) is 4.01. The lowest BCUT2D eigenvalue weighted by molar-refractivity contribution is 0.0549. The molecule has 0 atom stereocenters. The van der Waals surface area contributed by atoms with Gasteiger partial charge in [0.25, 0.3) is 5.91 Å². The quantitative estimate of drug-likeness (QED) is 0.822. The number of benzene rings is 1. The lowest BCUT2D eigenvalue weighted by Gasteiger charge is -2.41. The SMILES string of the molecule is O=C(c1ccc2c(c1)CCCN2)N1CC(C2=CCCCNCC2)C1. The number of anilines is 1. The van der Waals surface area contributed by atoms with E-state index in [1.54, 1.807) is 5.57 Å². The van der Waals surface area contributed by atoms with Gasteiger partial charge in [0.2, 0.25) is 0 Å². The van der Waals surface area contributed by atoms with E-state index in [-0.39, 0.29) is 5.91 Å². The molecule has 0 radical (unpaired) electrons. The largest absolute Gasteiger partial charge is 0.385 e. The average Bonchev–Trinajstić information content (AvgIpc) is 2.54. The van der Waals surface area contributed by atoms with E-state index in [2.05, 4.69) is 28.8 Å². The molecule has 0 aliphatic carbocycles. The molecule has 4 heteroatoms. The molecule has 1 amide bonds. The van der Waals surface area contributed by atoms with Gasteiger partial charge in [0.1, 0.15) is 0 Å². The van der Waals surface area contributed by atoms with E-state index < -0.39 is 0 Å². The second-order valence-corrected chi connectivity index (χ2v) is 7.23. The molecule has 0 unspecified atom stereocenters. The standard InChI is InChI=1S/C20H27N3O/c24-20(17-6-7-19-16(12-17)5-3-10-22-19)23-13-18(14-23)15-4-1-2-9-21-11-8-15/h4,6-7,12,18,21-22H,1-3,5,8-11,13-14H2. The molecule has 1 fully saturated rings. The highest BCUT2D eigenvalue weighted by Gasteiger charge is 2.33. The first kappa shape index (κ1) is 15.7. The van der Waals surface area contributed by atoms with Crippen molar-refractivity contribution in [2.75, 3.05) is 38.0 Å². The van der Waals surface area contributed by atoms with Gasteiger partial charge in [0.15, 0.2) is 0 Å². The van der Waals surface area contributed by atoms with Crippen LogP contribution in [0.25, 0.3) is 0 Å². The topological polar surface area (TPSA) is 44.4 Å². The number of carbonyl (C=O) groups excluding carboxylic acids is 1. The molecule has 1 saturated heterocycles. The first-order chi connectivity index (χ1) is 11.8. The predicted octanol–water partition coefficient (Wildman–Crippen LogP) is 2.82. The van der Waals surface area contributed by atoms with Crippen molar-refractivity contribution in [2.45, 2.75) is 32.1 Å². The van der Waals surface area contributed by atoms with Crippen molar-refractivity contribution >= 4 is 11.6 Å². The molecule has 24 heavy (non-hydrogen) atoms. The summed E-state index contributed by atoms with van der Waals surface area (Å²) in [7, 11) is 0. The van der Waals surface area contributed by atoms with E-state index in [1.807, 2.05) is 11.0 Å². The van der Waals surface area contributed by atoms with Crippen molar-refractivity contribution in [1.82, 2.24) is 10.2 Å². The molecular formula is C20H27N3O. The summed E-state index contributed by atoms with van der Waals surface area (Å²) in [5.74, 6) is 0.775. The number of likely N-dealkylation sites (tertiary alicyclic amines) is 1. The summed E-state index contributed by atoms with van der Waals surface area (Å²) in [6.07, 6.45) is 8.19. The van der Waals surface area contributed by atoms with Crippen LogP contribution in [0.4, 0.5) is 5.69 Å². The fraction of sp³-hybridized carbons (Fsp3) is 0.550. The fourth-order valence-electron chi connectivity index (χ4n) is 4.01. The highest BCUT2D eigenvalue weighted by atomic mass is 16.2. The van der Waals surface area contributed by atoms with Gasteiger partial charge in [-0.2, -0.15) is 0 Å². The van der Waals surface area contributed by atoms with Crippen LogP contribution in [0, 0.1) is 5.92 Å². The van der Waals surface area contributed by atoms with E-state index in [9.17, 15) is 4.79 Å². The highest BCUT2D eigenvalue weighted by Crippen LogP contribution is 2.29. The predicted molar refractivity (Wildman–Crippen MR) is 97.4 cm³/mol. The molecule has 1 aromatic carbocycles. The Morgan fingerprint density at radius 2 is 2.00 bits per heavy atom. The Balaban J connectivity index is 1.38. The summed E-state index contributed by atoms with van der Waals surface area (Å²) in [5, 5.41) is 6.89. The van der Waals surface area contributed by atoms with Gasteiger partial charge in [0, 0.05) is 36.8 Å². The molecule has 0 spiro atoms. The first-order valence-electron chi connectivity index (χ1n) is 9.37. The van der Waals surface area contributed by atoms with Gasteiger partial charge in [-0.3, -0.25) is 4.79 Å². The third-order valence-electron chi connectivity index (χ3n) is 5.54. The van der Waals surface area contributed by atoms with Crippen molar-refractivity contribution in [3.63, 3.8) is 0 Å². The van der Waals surface area contributed by atoms with Crippen LogP contribution in [-0.2, 0) is 6.42 Å². The summed E-state index contributed by atoms with van der Waals surface area (Å²) >= 11 is 0. The van der Waals surface area contributed by atoms with Crippen LogP contribution in [-0.4, -0.2) is 43.5 Å². The third kappa shape index (κ3) is 3.20. The van der Waals surface area contributed by atoms with Gasteiger partial charge in [-0.05, 0) is 69.0 Å². The Bertz CT molecular complexity index is 646. The Labute approximate surface area is 144 Å². The van der Waals surface area contributed by atoms with Gasteiger partial charge in [-0.15, -0.1) is 0 Å². The molecule has 128 valence electrons. The minimum Gasteiger partial charge on any atom is -0.385 e. The molecule has 3 heterocycles. The molecule has 3 aliphatic heterocycles. The van der Waals surface area contributed by atoms with Crippen molar-refractivity contribution in [1.29, 1.82) is 0 Å². The van der Waals surface area contributed by atoms with Crippen molar-refractivity contribution in [2.24, 2.45) is 5.92 Å². The van der Waals surface area contributed by atoms with Gasteiger partial charge in [-0.1, -0.05) is 11.6 Å². The number of carbonyl (C=O) groups is 1. The van der Waals surface area contributed by atoms with Gasteiger partial charge >= 0.3 is 0 Å². The lowest BCUT2D eigenvalue weighted by atomic mass is 9.87. The van der Waals surface area contributed by atoms with Gasteiger partial charge < -0.3 is 15.5 Å². The molecule has 2 N–H and O–H groups in total. The Morgan fingerprint density at radius 3 is 2.92 bits per heavy atom. The van der Waals surface area contributed by atoms with E-state index >= 15 is 0 Å². The summed E-state index contributed by atoms with van der Waals surface area (Å²) in [5.41, 5.74) is 4.90. The lowest BCUT2D eigenvalue weighted by Crippen LogP contribution is -2.51. The average molecular weight is 325 g/mol. The highest BCUT2D eigenvalue weighted by molar-refractivity contribution is 5.95. The smallest absolute Gasteiger partial charge is 0.253 e. The molecule has 3 aliphatic rings. The molecule has 4 rings (SSSR count). The van der Waals surface area contributed by atoms with Crippen LogP contribution in [0.3, 0.4) is 0 Å². The molecular weight excluding hydrogens is 298 g/mol. The molecule has 4 nitrogen and oxygen atoms in total. The zero-order chi connectivity index (χ0) is 16.4. The summed E-state index contributed by atoms with van der Waals surface area (Å²) in [4.78, 5) is 14.7. The number of aryl methyl sites for hydroxylation is 1. The molecule has 1 aromatic rings. The number of amides is 1. The Hall–Kier alpha value is -1.81. The second-order valence-electron chi connectivity index (χ2n) is 7.23. The maximum Gasteiger partial charge on any atom is 0.253 e. The number of fused-ring (bicyclic) bond motifs is 1. The third-order valence-corrected chi connectivity index (χ3v) is 5.54. The van der Waals surface area contributed by atoms with Crippen LogP contribution in [0.5, 0.6) is 0 Å². The van der Waals surface area contributed by atoms with Crippen molar-refractivity contribution in [3.8, 4) is 0 Å². The van der Waals surface area contributed by atoms with Gasteiger partial charge in [-0.25, -0.2) is 0 Å². The number of allylic oxidation sites excluding steroid dienone is 1. The zero-order valence-electron chi connectivity index (χ0n) is 14.3. The van der Waals surface area contributed by atoms with Crippen molar-refractivity contribution in [3.05, 3.63) is 41.0 Å². The number of hydrogen-bond acceptors (Lipinski definition) is 3. The summed E-state index contributed by atoms with van der Waals surface area (Å²) < 4.78 is 0. The first-order valence-corrected chi connectivity index (χ1v) is 9.37. The zero-order valence-corrected chi connectivity index (χ0v) is 14.3. The molecule has 0 aromatic heterocycles. The minimum absolute atomic E-state index is 0.198. The number of nitrogens with zero attached hydrogens (tertiary/aromatic N) is 1. The summed E-state index contributed by atoms with van der Waals surface area (Å²) in [6.45, 7) is 5.03. The van der Waals surface area contributed by atoms with Crippen LogP contribution in [0.2, 0.25) is 0 Å². The monoisotopic (exact) mass is 325 g/mol. The number of hydrogen-bond donors (Lipinski definition) is 2. The Kier molecular flexibility index (Phi) is 4.56. The minimum atomic E-state index is 0.198. The van der Waals surface area contributed by atoms with Crippen LogP contribution in [0.1, 0.15) is 41.6 Å². The van der Waals surface area contributed by atoms with E-state index in [4.69, 9.17) is 0 Å². The van der Waals surface area contributed by atoms with Gasteiger partial charge in [0.05, 0.1) is 0 Å². The summed E-state index contributed by atoms with van der Waals surface area (Å²) in [6, 6.07) is 6.14. The van der Waals surface area contributed by atoms with Crippen LogP contribution >= 0.6 is 0 Å². The van der Waals surface area contributed by atoms with Crippen molar-refractivity contribution < 1.29 is 4.79 Å². The van der Waals surface area contributed by atoms with E-state index in [0.29, 0.717) is 5.92 Å². The van der Waals surface area contributed by atoms with Crippen LogP contribution < -0.4 is 10.6 Å². The molecule has 0 bridgehead atoms.